The van der Waals surface area contributed by atoms with Crippen molar-refractivity contribution in [2.45, 2.75) is 6.54 Å². The Morgan fingerprint density at radius 1 is 1.47 bits per heavy atom. The summed E-state index contributed by atoms with van der Waals surface area (Å²) in [6.07, 6.45) is 1.90. The van der Waals surface area contributed by atoms with Crippen LogP contribution in [0, 0.1) is 0 Å². The van der Waals surface area contributed by atoms with Crippen molar-refractivity contribution in [2.75, 3.05) is 0 Å². The lowest BCUT2D eigenvalue weighted by Crippen LogP contribution is -1.95. The fourth-order valence-electron chi connectivity index (χ4n) is 1.05. The second-order valence-electron chi connectivity index (χ2n) is 2.72. The SMILES string of the molecule is Cl.Cl.Cn1ccc(-c2nc(CN)cs2)n1. The second-order valence-corrected chi connectivity index (χ2v) is 3.58. The van der Waals surface area contributed by atoms with E-state index in [9.17, 15) is 0 Å². The summed E-state index contributed by atoms with van der Waals surface area (Å²) in [5.74, 6) is 0. The molecule has 2 heterocycles. The zero-order valence-corrected chi connectivity index (χ0v) is 10.5. The second kappa shape index (κ2) is 6.07. The minimum absolute atomic E-state index is 0. The van der Waals surface area contributed by atoms with Crippen LogP contribution in [0.15, 0.2) is 17.6 Å². The van der Waals surface area contributed by atoms with Gasteiger partial charge in [-0.3, -0.25) is 4.68 Å². The van der Waals surface area contributed by atoms with E-state index in [1.807, 2.05) is 24.7 Å². The van der Waals surface area contributed by atoms with Gasteiger partial charge in [-0.2, -0.15) is 5.10 Å². The Bertz CT molecular complexity index is 412. The van der Waals surface area contributed by atoms with E-state index in [0.29, 0.717) is 6.54 Å². The lowest BCUT2D eigenvalue weighted by molar-refractivity contribution is 0.770. The Hall–Kier alpha value is -0.620. The van der Waals surface area contributed by atoms with Gasteiger partial charge in [-0.15, -0.1) is 36.2 Å². The average Bonchev–Trinajstić information content (AvgIpc) is 2.71. The molecule has 2 rings (SSSR count). The number of hydrogen-bond donors (Lipinski definition) is 1. The van der Waals surface area contributed by atoms with Gasteiger partial charge in [-0.05, 0) is 6.07 Å². The van der Waals surface area contributed by atoms with E-state index in [1.54, 1.807) is 16.0 Å². The molecule has 0 atom stereocenters. The molecule has 4 nitrogen and oxygen atoms in total. The van der Waals surface area contributed by atoms with Gasteiger partial charge in [0.1, 0.15) is 10.7 Å². The number of thiazole rings is 1. The Balaban J connectivity index is 0.000000980. The van der Waals surface area contributed by atoms with E-state index >= 15 is 0 Å². The molecule has 0 fully saturated rings. The van der Waals surface area contributed by atoms with Gasteiger partial charge < -0.3 is 5.73 Å². The van der Waals surface area contributed by atoms with Crippen molar-refractivity contribution >= 4 is 36.2 Å². The van der Waals surface area contributed by atoms with Crippen molar-refractivity contribution in [1.29, 1.82) is 0 Å². The summed E-state index contributed by atoms with van der Waals surface area (Å²) in [6, 6.07) is 1.94. The van der Waals surface area contributed by atoms with Gasteiger partial charge in [0.2, 0.25) is 0 Å². The highest BCUT2D eigenvalue weighted by molar-refractivity contribution is 7.13. The highest BCUT2D eigenvalue weighted by Gasteiger charge is 2.05. The summed E-state index contributed by atoms with van der Waals surface area (Å²) in [6.45, 7) is 0.489. The standard InChI is InChI=1S/C8H10N4S.2ClH/c1-12-3-2-7(11-12)8-10-6(4-9)5-13-8;;/h2-3,5H,4,9H2,1H3;2*1H. The fraction of sp³-hybridized carbons (Fsp3) is 0.250. The van der Waals surface area contributed by atoms with E-state index in [0.717, 1.165) is 16.4 Å². The molecule has 0 bridgehead atoms. The maximum Gasteiger partial charge on any atom is 0.144 e. The van der Waals surface area contributed by atoms with Crippen LogP contribution >= 0.6 is 36.2 Å². The molecule has 15 heavy (non-hydrogen) atoms. The molecule has 0 aliphatic heterocycles. The van der Waals surface area contributed by atoms with Gasteiger partial charge in [0.25, 0.3) is 0 Å². The van der Waals surface area contributed by atoms with Gasteiger partial charge in [-0.25, -0.2) is 4.98 Å². The van der Waals surface area contributed by atoms with Crippen molar-refractivity contribution in [3.8, 4) is 10.7 Å². The number of aromatic nitrogens is 3. The highest BCUT2D eigenvalue weighted by Crippen LogP contribution is 2.21. The molecule has 0 aliphatic carbocycles. The predicted octanol–water partition coefficient (Wildman–Crippen LogP) is 1.85. The number of halogens is 2. The average molecular weight is 267 g/mol. The first-order chi connectivity index (χ1) is 6.29. The Morgan fingerprint density at radius 2 is 2.20 bits per heavy atom. The first kappa shape index (κ1) is 14.4. The van der Waals surface area contributed by atoms with Gasteiger partial charge in [0.15, 0.2) is 0 Å². The molecule has 7 heteroatoms. The Kier molecular flexibility index (Phi) is 5.82. The third-order valence-electron chi connectivity index (χ3n) is 1.69. The van der Waals surface area contributed by atoms with Crippen LogP contribution in [0.4, 0.5) is 0 Å². The van der Waals surface area contributed by atoms with Crippen LogP contribution < -0.4 is 5.73 Å². The van der Waals surface area contributed by atoms with Gasteiger partial charge in [0, 0.05) is 25.2 Å². The number of nitrogens with two attached hydrogens (primary N) is 1. The predicted molar refractivity (Wildman–Crippen MR) is 66.7 cm³/mol. The van der Waals surface area contributed by atoms with Crippen molar-refractivity contribution in [1.82, 2.24) is 14.8 Å². The van der Waals surface area contributed by atoms with E-state index in [4.69, 9.17) is 5.73 Å². The topological polar surface area (TPSA) is 56.7 Å². The van der Waals surface area contributed by atoms with Crippen LogP contribution in [-0.4, -0.2) is 14.8 Å². The van der Waals surface area contributed by atoms with Crippen molar-refractivity contribution < 1.29 is 0 Å². The maximum atomic E-state index is 5.46. The van der Waals surface area contributed by atoms with Gasteiger partial charge in [0.05, 0.1) is 5.69 Å². The number of aryl methyl sites for hydroxylation is 1. The van der Waals surface area contributed by atoms with E-state index < -0.39 is 0 Å². The minimum atomic E-state index is 0. The summed E-state index contributed by atoms with van der Waals surface area (Å²) in [5, 5.41) is 7.15. The molecule has 2 aromatic rings. The van der Waals surface area contributed by atoms with Crippen LogP contribution in [0.1, 0.15) is 5.69 Å². The first-order valence-electron chi connectivity index (χ1n) is 3.94. The molecule has 0 saturated carbocycles. The highest BCUT2D eigenvalue weighted by atomic mass is 35.5. The zero-order chi connectivity index (χ0) is 9.26. The molecule has 2 N–H and O–H groups in total. The molecule has 2 aromatic heterocycles. The number of nitrogens with zero attached hydrogens (tertiary/aromatic N) is 3. The van der Waals surface area contributed by atoms with Crippen LogP contribution in [-0.2, 0) is 13.6 Å². The first-order valence-corrected chi connectivity index (χ1v) is 4.82. The largest absolute Gasteiger partial charge is 0.325 e. The van der Waals surface area contributed by atoms with Crippen molar-refractivity contribution in [3.05, 3.63) is 23.3 Å². The minimum Gasteiger partial charge on any atom is -0.325 e. The summed E-state index contributed by atoms with van der Waals surface area (Å²) in [4.78, 5) is 4.33. The molecule has 0 saturated heterocycles. The van der Waals surface area contributed by atoms with Gasteiger partial charge in [-0.1, -0.05) is 0 Å². The number of rotatable bonds is 2. The smallest absolute Gasteiger partial charge is 0.144 e. The molecule has 0 aliphatic rings. The van der Waals surface area contributed by atoms with Crippen molar-refractivity contribution in [2.24, 2.45) is 12.8 Å². The zero-order valence-electron chi connectivity index (χ0n) is 8.08. The van der Waals surface area contributed by atoms with Crippen LogP contribution in [0.5, 0.6) is 0 Å². The Morgan fingerprint density at radius 3 is 2.67 bits per heavy atom. The molecule has 0 aromatic carbocycles. The fourth-order valence-corrected chi connectivity index (χ4v) is 1.84. The lowest BCUT2D eigenvalue weighted by Gasteiger charge is -1.87. The normalized spacial score (nSPS) is 9.20. The monoisotopic (exact) mass is 266 g/mol. The third-order valence-corrected chi connectivity index (χ3v) is 2.61. The molecule has 0 unspecified atom stereocenters. The molecule has 84 valence electrons. The molecule has 0 spiro atoms. The van der Waals surface area contributed by atoms with E-state index in [1.165, 1.54) is 0 Å². The molecular formula is C8H12Cl2N4S. The van der Waals surface area contributed by atoms with Crippen LogP contribution in [0.3, 0.4) is 0 Å². The summed E-state index contributed by atoms with van der Waals surface area (Å²) < 4.78 is 1.76. The Labute approximate surface area is 104 Å². The molecular weight excluding hydrogens is 255 g/mol. The summed E-state index contributed by atoms with van der Waals surface area (Å²) in [7, 11) is 1.89. The molecule has 0 radical (unpaired) electrons. The summed E-state index contributed by atoms with van der Waals surface area (Å²) in [5.41, 5.74) is 7.30. The lowest BCUT2D eigenvalue weighted by atomic mass is 10.4. The van der Waals surface area contributed by atoms with Crippen LogP contribution in [0.2, 0.25) is 0 Å². The van der Waals surface area contributed by atoms with Crippen LogP contribution in [0.25, 0.3) is 10.7 Å². The van der Waals surface area contributed by atoms with E-state index in [2.05, 4.69) is 10.1 Å². The quantitative estimate of drug-likeness (QED) is 0.903. The van der Waals surface area contributed by atoms with Gasteiger partial charge >= 0.3 is 0 Å². The maximum absolute atomic E-state index is 5.46. The van der Waals surface area contributed by atoms with E-state index in [-0.39, 0.29) is 24.8 Å². The molecule has 0 amide bonds. The van der Waals surface area contributed by atoms with Crippen molar-refractivity contribution in [3.63, 3.8) is 0 Å². The number of hydrogen-bond acceptors (Lipinski definition) is 4. The third kappa shape index (κ3) is 3.17. The summed E-state index contributed by atoms with van der Waals surface area (Å²) >= 11 is 1.57.